The molecule has 1 aromatic heterocycles. The Balaban J connectivity index is 2.41. The van der Waals surface area contributed by atoms with E-state index in [1.54, 1.807) is 31.2 Å². The largest absolute Gasteiger partial charge is 0.495 e. The number of sulfonamides is 1. The molecule has 20 heavy (non-hydrogen) atoms. The first kappa shape index (κ1) is 14.4. The standard InChI is InChI=1S/C12H16N4O3S/c1-8-9(7-13)12(15-14-8)20(17,18)16-10-5-3-4-6-11(10)19-2/h3-6,16H,7,13H2,1-2H3,(H,14,15). The van der Waals surface area contributed by atoms with Gasteiger partial charge in [-0.2, -0.15) is 13.5 Å². The summed E-state index contributed by atoms with van der Waals surface area (Å²) in [6, 6.07) is 6.73. The number of hydrogen-bond acceptors (Lipinski definition) is 5. The summed E-state index contributed by atoms with van der Waals surface area (Å²) in [5, 5.41) is 6.35. The number of benzene rings is 1. The van der Waals surface area contributed by atoms with Crippen molar-refractivity contribution >= 4 is 15.7 Å². The minimum absolute atomic E-state index is 0.0878. The summed E-state index contributed by atoms with van der Waals surface area (Å²) < 4.78 is 32.3. The van der Waals surface area contributed by atoms with Gasteiger partial charge >= 0.3 is 0 Å². The van der Waals surface area contributed by atoms with Gasteiger partial charge in [-0.3, -0.25) is 9.82 Å². The minimum atomic E-state index is -3.82. The maximum atomic E-state index is 12.4. The molecule has 2 rings (SSSR count). The van der Waals surface area contributed by atoms with Crippen LogP contribution in [0.15, 0.2) is 29.3 Å². The van der Waals surface area contributed by atoms with E-state index in [1.165, 1.54) is 7.11 Å². The smallest absolute Gasteiger partial charge is 0.281 e. The monoisotopic (exact) mass is 296 g/mol. The summed E-state index contributed by atoms with van der Waals surface area (Å²) >= 11 is 0. The van der Waals surface area contributed by atoms with Gasteiger partial charge in [0.25, 0.3) is 10.0 Å². The Morgan fingerprint density at radius 2 is 2.10 bits per heavy atom. The zero-order valence-corrected chi connectivity index (χ0v) is 12.0. The Bertz CT molecular complexity index is 709. The van der Waals surface area contributed by atoms with Crippen molar-refractivity contribution in [1.29, 1.82) is 0 Å². The van der Waals surface area contributed by atoms with E-state index in [0.717, 1.165) is 0 Å². The van der Waals surface area contributed by atoms with Crippen LogP contribution in [0.3, 0.4) is 0 Å². The number of H-pyrrole nitrogens is 1. The Labute approximate surface area is 117 Å². The number of nitrogens with two attached hydrogens (primary N) is 1. The predicted molar refractivity (Wildman–Crippen MR) is 75.0 cm³/mol. The SMILES string of the molecule is COc1ccccc1NS(=O)(=O)c1n[nH]c(C)c1CN. The average Bonchev–Trinajstić information content (AvgIpc) is 2.81. The fourth-order valence-electron chi connectivity index (χ4n) is 1.81. The van der Waals surface area contributed by atoms with Crippen LogP contribution >= 0.6 is 0 Å². The molecule has 0 amide bonds. The topological polar surface area (TPSA) is 110 Å². The van der Waals surface area contributed by atoms with Crippen molar-refractivity contribution in [1.82, 2.24) is 10.2 Å². The molecular weight excluding hydrogens is 280 g/mol. The van der Waals surface area contributed by atoms with E-state index in [9.17, 15) is 8.42 Å². The number of nitrogens with one attached hydrogen (secondary N) is 2. The summed E-state index contributed by atoms with van der Waals surface area (Å²) in [4.78, 5) is 0. The van der Waals surface area contributed by atoms with Gasteiger partial charge in [0.1, 0.15) is 5.75 Å². The van der Waals surface area contributed by atoms with Gasteiger partial charge in [-0.05, 0) is 19.1 Å². The second kappa shape index (κ2) is 5.51. The molecule has 108 valence electrons. The molecule has 0 bridgehead atoms. The highest BCUT2D eigenvalue weighted by molar-refractivity contribution is 7.92. The van der Waals surface area contributed by atoms with Crippen LogP contribution in [0.1, 0.15) is 11.3 Å². The molecule has 0 radical (unpaired) electrons. The van der Waals surface area contributed by atoms with Crippen molar-refractivity contribution in [2.24, 2.45) is 5.73 Å². The molecule has 1 heterocycles. The van der Waals surface area contributed by atoms with Gasteiger partial charge in [0.15, 0.2) is 0 Å². The molecule has 0 atom stereocenters. The van der Waals surface area contributed by atoms with E-state index in [0.29, 0.717) is 22.7 Å². The molecule has 2 aromatic rings. The van der Waals surface area contributed by atoms with Crippen LogP contribution in [0.25, 0.3) is 0 Å². The third kappa shape index (κ3) is 2.61. The van der Waals surface area contributed by atoms with E-state index in [2.05, 4.69) is 14.9 Å². The van der Waals surface area contributed by atoms with Gasteiger partial charge < -0.3 is 10.5 Å². The molecule has 0 saturated heterocycles. The highest BCUT2D eigenvalue weighted by Gasteiger charge is 2.24. The number of nitrogens with zero attached hydrogens (tertiary/aromatic N) is 1. The first-order valence-electron chi connectivity index (χ1n) is 5.89. The van der Waals surface area contributed by atoms with Gasteiger partial charge in [-0.25, -0.2) is 0 Å². The van der Waals surface area contributed by atoms with Crippen LogP contribution in [0.5, 0.6) is 5.75 Å². The molecule has 0 aliphatic rings. The molecule has 0 aliphatic heterocycles. The van der Waals surface area contributed by atoms with Crippen molar-refractivity contribution in [2.45, 2.75) is 18.5 Å². The van der Waals surface area contributed by atoms with Gasteiger partial charge in [-0.15, -0.1) is 0 Å². The van der Waals surface area contributed by atoms with Gasteiger partial charge in [0.05, 0.1) is 12.8 Å². The molecular formula is C12H16N4O3S. The fourth-order valence-corrected chi connectivity index (χ4v) is 3.10. The van der Waals surface area contributed by atoms with E-state index >= 15 is 0 Å². The van der Waals surface area contributed by atoms with E-state index < -0.39 is 10.0 Å². The number of aromatic nitrogens is 2. The maximum Gasteiger partial charge on any atom is 0.281 e. The van der Waals surface area contributed by atoms with E-state index in [4.69, 9.17) is 10.5 Å². The molecule has 0 unspecified atom stereocenters. The number of aromatic amines is 1. The number of methoxy groups -OCH3 is 1. The Hall–Kier alpha value is -2.06. The number of rotatable bonds is 5. The van der Waals surface area contributed by atoms with Crippen molar-refractivity contribution in [3.05, 3.63) is 35.5 Å². The van der Waals surface area contributed by atoms with Crippen LogP contribution in [-0.4, -0.2) is 25.7 Å². The van der Waals surface area contributed by atoms with Crippen LogP contribution in [0.2, 0.25) is 0 Å². The molecule has 7 nitrogen and oxygen atoms in total. The second-order valence-electron chi connectivity index (χ2n) is 4.14. The average molecular weight is 296 g/mol. The van der Waals surface area contributed by atoms with Gasteiger partial charge in [0, 0.05) is 17.8 Å². The summed E-state index contributed by atoms with van der Waals surface area (Å²) in [7, 11) is -2.35. The van der Waals surface area contributed by atoms with Crippen molar-refractivity contribution < 1.29 is 13.2 Å². The first-order chi connectivity index (χ1) is 9.49. The lowest BCUT2D eigenvalue weighted by Crippen LogP contribution is -2.17. The van der Waals surface area contributed by atoms with Gasteiger partial charge in [0.2, 0.25) is 5.03 Å². The molecule has 8 heteroatoms. The molecule has 0 aliphatic carbocycles. The Kier molecular flexibility index (Phi) is 3.96. The van der Waals surface area contributed by atoms with Crippen molar-refractivity contribution in [2.75, 3.05) is 11.8 Å². The molecule has 0 fully saturated rings. The minimum Gasteiger partial charge on any atom is -0.495 e. The zero-order chi connectivity index (χ0) is 14.8. The lowest BCUT2D eigenvalue weighted by atomic mass is 10.3. The van der Waals surface area contributed by atoms with Crippen molar-refractivity contribution in [3.63, 3.8) is 0 Å². The lowest BCUT2D eigenvalue weighted by molar-refractivity contribution is 0.417. The third-order valence-electron chi connectivity index (χ3n) is 2.85. The number of ether oxygens (including phenoxy) is 1. The summed E-state index contributed by atoms with van der Waals surface area (Å²) in [6.45, 7) is 1.81. The summed E-state index contributed by atoms with van der Waals surface area (Å²) in [6.07, 6.45) is 0. The van der Waals surface area contributed by atoms with E-state index in [-0.39, 0.29) is 11.6 Å². The molecule has 0 saturated carbocycles. The maximum absolute atomic E-state index is 12.4. The molecule has 0 spiro atoms. The van der Waals surface area contributed by atoms with Crippen LogP contribution < -0.4 is 15.2 Å². The lowest BCUT2D eigenvalue weighted by Gasteiger charge is -2.10. The number of aryl methyl sites for hydroxylation is 1. The van der Waals surface area contributed by atoms with Crippen LogP contribution in [0.4, 0.5) is 5.69 Å². The first-order valence-corrected chi connectivity index (χ1v) is 7.37. The van der Waals surface area contributed by atoms with Gasteiger partial charge in [-0.1, -0.05) is 12.1 Å². The van der Waals surface area contributed by atoms with Crippen LogP contribution in [-0.2, 0) is 16.6 Å². The van der Waals surface area contributed by atoms with Crippen LogP contribution in [0, 0.1) is 6.92 Å². The normalized spacial score (nSPS) is 11.3. The Morgan fingerprint density at radius 1 is 1.40 bits per heavy atom. The quantitative estimate of drug-likeness (QED) is 0.762. The Morgan fingerprint density at radius 3 is 2.75 bits per heavy atom. The number of hydrogen-bond donors (Lipinski definition) is 3. The molecule has 1 aromatic carbocycles. The number of para-hydroxylation sites is 2. The van der Waals surface area contributed by atoms with Crippen molar-refractivity contribution in [3.8, 4) is 5.75 Å². The number of anilines is 1. The van der Waals surface area contributed by atoms with E-state index in [1.807, 2.05) is 0 Å². The zero-order valence-electron chi connectivity index (χ0n) is 11.2. The third-order valence-corrected chi connectivity index (χ3v) is 4.18. The summed E-state index contributed by atoms with van der Waals surface area (Å²) in [5.41, 5.74) is 7.01. The summed E-state index contributed by atoms with van der Waals surface area (Å²) in [5.74, 6) is 0.428. The highest BCUT2D eigenvalue weighted by Crippen LogP contribution is 2.26. The fraction of sp³-hybridized carbons (Fsp3) is 0.250. The molecule has 4 N–H and O–H groups in total. The predicted octanol–water partition coefficient (Wildman–Crippen LogP) is 0.986. The highest BCUT2D eigenvalue weighted by atomic mass is 32.2. The second-order valence-corrected chi connectivity index (χ2v) is 5.74.